The molecule has 20 heavy (non-hydrogen) atoms. The molecule has 0 bridgehead atoms. The van der Waals surface area contributed by atoms with Crippen molar-refractivity contribution in [2.45, 2.75) is 47.1 Å². The van der Waals surface area contributed by atoms with E-state index in [9.17, 15) is 8.42 Å². The largest absolute Gasteiger partial charge is 0.316 e. The molecule has 0 amide bonds. The summed E-state index contributed by atoms with van der Waals surface area (Å²) >= 11 is 0. The fourth-order valence-electron chi connectivity index (χ4n) is 2.71. The third kappa shape index (κ3) is 5.70. The molecule has 1 N–H and O–H groups in total. The molecular weight excluding hydrogens is 272 g/mol. The van der Waals surface area contributed by atoms with Crippen LogP contribution >= 0.6 is 0 Å². The maximum Gasteiger partial charge on any atom is 0.153 e. The molecule has 2 unspecified atom stereocenters. The van der Waals surface area contributed by atoms with Gasteiger partial charge in [-0.15, -0.1) is 0 Å². The van der Waals surface area contributed by atoms with Crippen LogP contribution in [0.4, 0.5) is 0 Å². The average molecular weight is 305 g/mol. The van der Waals surface area contributed by atoms with E-state index in [1.165, 1.54) is 0 Å². The van der Waals surface area contributed by atoms with Crippen LogP contribution in [0.15, 0.2) is 0 Å². The maximum absolute atomic E-state index is 11.6. The van der Waals surface area contributed by atoms with Crippen molar-refractivity contribution in [2.75, 3.05) is 37.7 Å². The molecule has 0 aromatic heterocycles. The van der Waals surface area contributed by atoms with E-state index in [2.05, 4.69) is 37.9 Å². The van der Waals surface area contributed by atoms with Crippen LogP contribution in [0.3, 0.4) is 0 Å². The van der Waals surface area contributed by atoms with Gasteiger partial charge in [0.1, 0.15) is 0 Å². The minimum atomic E-state index is -2.81. The van der Waals surface area contributed by atoms with Gasteiger partial charge in [-0.3, -0.25) is 4.90 Å². The number of rotatable bonds is 7. The third-order valence-electron chi connectivity index (χ3n) is 4.35. The molecule has 0 aliphatic carbocycles. The highest BCUT2D eigenvalue weighted by atomic mass is 32.2. The predicted octanol–water partition coefficient (Wildman–Crippen LogP) is 1.77. The van der Waals surface area contributed by atoms with Crippen LogP contribution in [0.25, 0.3) is 0 Å². The summed E-state index contributed by atoms with van der Waals surface area (Å²) in [5.41, 5.74) is 0.213. The Kier molecular flexibility index (Phi) is 6.48. The molecule has 1 rings (SSSR count). The third-order valence-corrected chi connectivity index (χ3v) is 6.15. The fourth-order valence-corrected chi connectivity index (χ4v) is 4.34. The number of hydrogen-bond donors (Lipinski definition) is 1. The van der Waals surface area contributed by atoms with Gasteiger partial charge in [-0.25, -0.2) is 8.42 Å². The molecule has 4 nitrogen and oxygen atoms in total. The first-order valence-corrected chi connectivity index (χ1v) is 9.65. The Labute approximate surface area is 125 Å². The summed E-state index contributed by atoms with van der Waals surface area (Å²) in [5.74, 6) is 1.29. The molecule has 1 aliphatic heterocycles. The van der Waals surface area contributed by atoms with E-state index in [4.69, 9.17) is 0 Å². The standard InChI is InChI=1S/C15H32N2O2S/c1-6-15(5,11-16-9-13(2)3)12-17-7-8-20(18,19)10-14(17)4/h13-14,16H,6-12H2,1-5H3. The molecule has 0 spiro atoms. The highest BCUT2D eigenvalue weighted by Crippen LogP contribution is 2.24. The van der Waals surface area contributed by atoms with Crippen molar-refractivity contribution < 1.29 is 8.42 Å². The molecule has 1 fully saturated rings. The van der Waals surface area contributed by atoms with Gasteiger partial charge in [0, 0.05) is 25.7 Å². The summed E-state index contributed by atoms with van der Waals surface area (Å²) in [7, 11) is -2.81. The summed E-state index contributed by atoms with van der Waals surface area (Å²) in [5, 5.41) is 3.55. The minimum Gasteiger partial charge on any atom is -0.316 e. The second-order valence-electron chi connectivity index (χ2n) is 7.12. The molecule has 0 radical (unpaired) electrons. The zero-order chi connectivity index (χ0) is 15.4. The van der Waals surface area contributed by atoms with E-state index >= 15 is 0 Å². The van der Waals surface area contributed by atoms with Gasteiger partial charge in [0.15, 0.2) is 9.84 Å². The van der Waals surface area contributed by atoms with E-state index in [0.717, 1.165) is 26.1 Å². The molecule has 2 atom stereocenters. The molecular formula is C15H32N2O2S. The van der Waals surface area contributed by atoms with Crippen LogP contribution in [0.1, 0.15) is 41.0 Å². The van der Waals surface area contributed by atoms with Crippen LogP contribution in [-0.4, -0.2) is 57.0 Å². The average Bonchev–Trinajstić information content (AvgIpc) is 2.32. The van der Waals surface area contributed by atoms with Gasteiger partial charge in [0.2, 0.25) is 0 Å². The Morgan fingerprint density at radius 2 is 2.05 bits per heavy atom. The lowest BCUT2D eigenvalue weighted by atomic mass is 9.86. The van der Waals surface area contributed by atoms with Crippen molar-refractivity contribution in [3.05, 3.63) is 0 Å². The van der Waals surface area contributed by atoms with E-state index in [-0.39, 0.29) is 11.5 Å². The van der Waals surface area contributed by atoms with Crippen LogP contribution in [0.2, 0.25) is 0 Å². The number of sulfone groups is 1. The Balaban J connectivity index is 2.54. The Hall–Kier alpha value is -0.130. The van der Waals surface area contributed by atoms with Gasteiger partial charge in [-0.05, 0) is 31.2 Å². The van der Waals surface area contributed by atoms with Crippen LogP contribution in [0, 0.1) is 11.3 Å². The lowest BCUT2D eigenvalue weighted by Crippen LogP contribution is -2.52. The first-order chi connectivity index (χ1) is 9.17. The molecule has 120 valence electrons. The van der Waals surface area contributed by atoms with Gasteiger partial charge in [0.05, 0.1) is 11.5 Å². The second-order valence-corrected chi connectivity index (χ2v) is 9.35. The normalized spacial score (nSPS) is 26.6. The van der Waals surface area contributed by atoms with Crippen molar-refractivity contribution in [2.24, 2.45) is 11.3 Å². The molecule has 5 heteroatoms. The molecule has 1 aliphatic rings. The zero-order valence-corrected chi connectivity index (χ0v) is 14.6. The van der Waals surface area contributed by atoms with Crippen molar-refractivity contribution in [1.29, 1.82) is 0 Å². The molecule has 1 saturated heterocycles. The lowest BCUT2D eigenvalue weighted by molar-refractivity contribution is 0.129. The SMILES string of the molecule is CCC(C)(CNCC(C)C)CN1CCS(=O)(=O)CC1C. The summed E-state index contributed by atoms with van der Waals surface area (Å²) in [6.07, 6.45) is 1.11. The highest BCUT2D eigenvalue weighted by molar-refractivity contribution is 7.91. The summed E-state index contributed by atoms with van der Waals surface area (Å²) in [6, 6.07) is 0.143. The Morgan fingerprint density at radius 3 is 2.55 bits per heavy atom. The molecule has 0 aromatic carbocycles. The number of hydrogen-bond acceptors (Lipinski definition) is 4. The van der Waals surface area contributed by atoms with Crippen molar-refractivity contribution in [3.8, 4) is 0 Å². The Morgan fingerprint density at radius 1 is 1.40 bits per heavy atom. The van der Waals surface area contributed by atoms with Gasteiger partial charge in [-0.2, -0.15) is 0 Å². The quantitative estimate of drug-likeness (QED) is 0.779. The molecule has 0 saturated carbocycles. The van der Waals surface area contributed by atoms with Gasteiger partial charge >= 0.3 is 0 Å². The molecule has 0 aromatic rings. The fraction of sp³-hybridized carbons (Fsp3) is 1.00. The van der Waals surface area contributed by atoms with Crippen LogP contribution in [0.5, 0.6) is 0 Å². The smallest absolute Gasteiger partial charge is 0.153 e. The van der Waals surface area contributed by atoms with Crippen LogP contribution in [-0.2, 0) is 9.84 Å². The van der Waals surface area contributed by atoms with Crippen molar-refractivity contribution in [1.82, 2.24) is 10.2 Å². The minimum absolute atomic E-state index is 0.143. The van der Waals surface area contributed by atoms with Gasteiger partial charge < -0.3 is 5.32 Å². The van der Waals surface area contributed by atoms with E-state index in [1.54, 1.807) is 0 Å². The van der Waals surface area contributed by atoms with Gasteiger partial charge in [-0.1, -0.05) is 27.7 Å². The van der Waals surface area contributed by atoms with Crippen molar-refractivity contribution in [3.63, 3.8) is 0 Å². The maximum atomic E-state index is 11.6. The first kappa shape index (κ1) is 17.9. The van der Waals surface area contributed by atoms with E-state index in [1.807, 2.05) is 6.92 Å². The van der Waals surface area contributed by atoms with Crippen LogP contribution < -0.4 is 5.32 Å². The highest BCUT2D eigenvalue weighted by Gasteiger charge is 2.33. The lowest BCUT2D eigenvalue weighted by Gasteiger charge is -2.40. The summed E-state index contributed by atoms with van der Waals surface area (Å²) < 4.78 is 23.3. The van der Waals surface area contributed by atoms with E-state index < -0.39 is 9.84 Å². The zero-order valence-electron chi connectivity index (χ0n) is 13.8. The summed E-state index contributed by atoms with van der Waals surface area (Å²) in [4.78, 5) is 2.35. The van der Waals surface area contributed by atoms with Crippen molar-refractivity contribution >= 4 is 9.84 Å². The number of nitrogens with one attached hydrogen (secondary N) is 1. The Bertz CT molecular complexity index is 395. The van der Waals surface area contributed by atoms with E-state index in [0.29, 0.717) is 24.0 Å². The van der Waals surface area contributed by atoms with Gasteiger partial charge in [0.25, 0.3) is 0 Å². The summed E-state index contributed by atoms with van der Waals surface area (Å²) in [6.45, 7) is 14.7. The number of nitrogens with zero attached hydrogens (tertiary/aromatic N) is 1. The predicted molar refractivity (Wildman–Crippen MR) is 85.8 cm³/mol. The first-order valence-electron chi connectivity index (χ1n) is 7.82. The monoisotopic (exact) mass is 304 g/mol. The topological polar surface area (TPSA) is 49.4 Å². The second kappa shape index (κ2) is 7.23. The molecule has 1 heterocycles.